The highest BCUT2D eigenvalue weighted by atomic mass is 32.2. The highest BCUT2D eigenvalue weighted by Crippen LogP contribution is 2.43. The Morgan fingerprint density at radius 2 is 1.50 bits per heavy atom. The SMILES string of the molecule is Cc1ccc(-n2nc(C(C)(C)C)cc2NC(=O)Nc2ccc(CC3CC4CCC(C3)N4S(=O)(=O)c3ccc4ccccc4c3)cc2)cc1. The molecule has 2 saturated heterocycles. The average Bonchev–Trinajstić information content (AvgIpc) is 3.61. The van der Waals surface area contributed by atoms with E-state index in [-0.39, 0.29) is 23.5 Å². The Morgan fingerprint density at radius 3 is 2.17 bits per heavy atom. The van der Waals surface area contributed by atoms with E-state index in [1.807, 2.05) is 90.1 Å². The number of hydrogen-bond acceptors (Lipinski definition) is 4. The number of urea groups is 1. The minimum absolute atomic E-state index is 0.0296. The molecule has 2 fully saturated rings. The summed E-state index contributed by atoms with van der Waals surface area (Å²) < 4.78 is 31.2. The lowest BCUT2D eigenvalue weighted by molar-refractivity contribution is 0.190. The monoisotopic (exact) mass is 661 g/mol. The summed E-state index contributed by atoms with van der Waals surface area (Å²) in [4.78, 5) is 13.5. The number of benzene rings is 4. The van der Waals surface area contributed by atoms with Gasteiger partial charge in [0.25, 0.3) is 0 Å². The van der Waals surface area contributed by atoms with E-state index in [0.717, 1.165) is 59.8 Å². The molecule has 7 rings (SSSR count). The summed E-state index contributed by atoms with van der Waals surface area (Å²) in [5.74, 6) is 1.01. The summed E-state index contributed by atoms with van der Waals surface area (Å²) in [7, 11) is -3.57. The van der Waals surface area contributed by atoms with Gasteiger partial charge in [-0.2, -0.15) is 9.40 Å². The van der Waals surface area contributed by atoms with Gasteiger partial charge in [0.1, 0.15) is 5.82 Å². The molecule has 2 N–H and O–H groups in total. The Morgan fingerprint density at radius 1 is 0.833 bits per heavy atom. The van der Waals surface area contributed by atoms with Gasteiger partial charge in [-0.1, -0.05) is 80.9 Å². The molecule has 2 unspecified atom stereocenters. The molecule has 2 atom stereocenters. The molecule has 1 aromatic heterocycles. The van der Waals surface area contributed by atoms with Crippen LogP contribution in [0.2, 0.25) is 0 Å². The second-order valence-corrected chi connectivity index (χ2v) is 16.3. The van der Waals surface area contributed by atoms with Gasteiger partial charge in [0.05, 0.1) is 16.3 Å². The topological polar surface area (TPSA) is 96.3 Å². The number of rotatable bonds is 7. The normalized spacial score (nSPS) is 19.8. The fraction of sp³-hybridized carbons (Fsp3) is 0.333. The number of nitrogens with zero attached hydrogens (tertiary/aromatic N) is 3. The smallest absolute Gasteiger partial charge is 0.308 e. The van der Waals surface area contributed by atoms with Crippen molar-refractivity contribution in [3.8, 4) is 5.69 Å². The van der Waals surface area contributed by atoms with E-state index in [1.165, 1.54) is 5.56 Å². The molecule has 248 valence electrons. The third-order valence-electron chi connectivity index (χ3n) is 9.79. The maximum absolute atomic E-state index is 13.8. The summed E-state index contributed by atoms with van der Waals surface area (Å²) in [6.07, 6.45) is 4.42. The van der Waals surface area contributed by atoms with Crippen molar-refractivity contribution < 1.29 is 13.2 Å². The number of sulfonamides is 1. The van der Waals surface area contributed by atoms with E-state index in [1.54, 1.807) is 10.7 Å². The summed E-state index contributed by atoms with van der Waals surface area (Å²) >= 11 is 0. The van der Waals surface area contributed by atoms with Gasteiger partial charge in [0.2, 0.25) is 10.0 Å². The van der Waals surface area contributed by atoms with Gasteiger partial charge in [-0.3, -0.25) is 5.32 Å². The van der Waals surface area contributed by atoms with E-state index in [2.05, 4.69) is 43.5 Å². The molecule has 0 radical (unpaired) electrons. The first-order valence-electron chi connectivity index (χ1n) is 16.8. The van der Waals surface area contributed by atoms with Crippen LogP contribution < -0.4 is 10.6 Å². The van der Waals surface area contributed by atoms with Gasteiger partial charge >= 0.3 is 6.03 Å². The van der Waals surface area contributed by atoms with Gasteiger partial charge < -0.3 is 5.32 Å². The number of fused-ring (bicyclic) bond motifs is 3. The van der Waals surface area contributed by atoms with Crippen LogP contribution in [0, 0.1) is 12.8 Å². The molecule has 2 bridgehead atoms. The number of aryl methyl sites for hydroxylation is 1. The molecular weight excluding hydrogens is 619 g/mol. The molecule has 3 heterocycles. The second kappa shape index (κ2) is 12.5. The van der Waals surface area contributed by atoms with Crippen LogP contribution in [0.4, 0.5) is 16.3 Å². The first kappa shape index (κ1) is 32.1. The minimum atomic E-state index is -3.57. The van der Waals surface area contributed by atoms with Crippen molar-refractivity contribution in [1.82, 2.24) is 14.1 Å². The van der Waals surface area contributed by atoms with Crippen molar-refractivity contribution in [2.75, 3.05) is 10.6 Å². The Bertz CT molecular complexity index is 2050. The lowest BCUT2D eigenvalue weighted by Gasteiger charge is -2.38. The van der Waals surface area contributed by atoms with E-state index >= 15 is 0 Å². The van der Waals surface area contributed by atoms with Crippen molar-refractivity contribution in [3.05, 3.63) is 114 Å². The average molecular weight is 662 g/mol. The Hall–Kier alpha value is -4.47. The molecule has 2 amide bonds. The Labute approximate surface area is 283 Å². The fourth-order valence-electron chi connectivity index (χ4n) is 7.31. The molecule has 0 aliphatic carbocycles. The summed E-state index contributed by atoms with van der Waals surface area (Å²) in [6.45, 7) is 8.34. The van der Waals surface area contributed by atoms with Crippen molar-refractivity contribution >= 4 is 38.3 Å². The van der Waals surface area contributed by atoms with Crippen molar-refractivity contribution in [3.63, 3.8) is 0 Å². The van der Waals surface area contributed by atoms with Crippen molar-refractivity contribution in [2.45, 2.75) is 82.2 Å². The second-order valence-electron chi connectivity index (χ2n) is 14.5. The van der Waals surface area contributed by atoms with Crippen LogP contribution in [0.25, 0.3) is 16.5 Å². The van der Waals surface area contributed by atoms with Crippen LogP contribution in [0.3, 0.4) is 0 Å². The number of amides is 2. The number of aromatic nitrogens is 2. The quantitative estimate of drug-likeness (QED) is 0.183. The number of hydrogen-bond donors (Lipinski definition) is 2. The predicted molar refractivity (Wildman–Crippen MR) is 192 cm³/mol. The lowest BCUT2D eigenvalue weighted by atomic mass is 9.87. The van der Waals surface area contributed by atoms with Gasteiger partial charge in [-0.25, -0.2) is 17.9 Å². The third-order valence-corrected chi connectivity index (χ3v) is 11.8. The highest BCUT2D eigenvalue weighted by molar-refractivity contribution is 7.89. The zero-order valence-corrected chi connectivity index (χ0v) is 28.8. The van der Waals surface area contributed by atoms with Gasteiger partial charge in [-0.05, 0) is 97.7 Å². The van der Waals surface area contributed by atoms with Crippen LogP contribution in [0.1, 0.15) is 63.3 Å². The number of piperidine rings is 1. The molecule has 48 heavy (non-hydrogen) atoms. The molecule has 9 heteroatoms. The zero-order chi connectivity index (χ0) is 33.6. The van der Waals surface area contributed by atoms with Gasteiger partial charge in [-0.15, -0.1) is 0 Å². The lowest BCUT2D eigenvalue weighted by Crippen LogP contribution is -2.46. The molecule has 0 saturated carbocycles. The Balaban J connectivity index is 0.986. The van der Waals surface area contributed by atoms with E-state index in [4.69, 9.17) is 5.10 Å². The molecule has 2 aliphatic rings. The number of carbonyl (C=O) groups excluding carboxylic acids is 1. The minimum Gasteiger partial charge on any atom is -0.308 e. The third kappa shape index (κ3) is 6.49. The maximum Gasteiger partial charge on any atom is 0.324 e. The zero-order valence-electron chi connectivity index (χ0n) is 28.0. The number of carbonyl (C=O) groups is 1. The molecule has 5 aromatic rings. The predicted octanol–water partition coefficient (Wildman–Crippen LogP) is 8.45. The summed E-state index contributed by atoms with van der Waals surface area (Å²) in [5, 5.41) is 12.8. The maximum atomic E-state index is 13.8. The first-order chi connectivity index (χ1) is 22.9. The van der Waals surface area contributed by atoms with Gasteiger partial charge in [0.15, 0.2) is 0 Å². The van der Waals surface area contributed by atoms with Crippen molar-refractivity contribution in [2.24, 2.45) is 5.92 Å². The first-order valence-corrected chi connectivity index (χ1v) is 18.2. The van der Waals surface area contributed by atoms with Crippen LogP contribution in [0.15, 0.2) is 102 Å². The molecule has 8 nitrogen and oxygen atoms in total. The highest BCUT2D eigenvalue weighted by Gasteiger charge is 2.47. The molecular formula is C39H43N5O3S. The van der Waals surface area contributed by atoms with Crippen LogP contribution in [-0.2, 0) is 21.9 Å². The summed E-state index contributed by atoms with van der Waals surface area (Å²) in [5.41, 5.74) is 4.61. The molecule has 0 spiro atoms. The molecule has 2 aliphatic heterocycles. The van der Waals surface area contributed by atoms with Crippen molar-refractivity contribution in [1.29, 1.82) is 0 Å². The van der Waals surface area contributed by atoms with Gasteiger partial charge in [0, 0.05) is 29.3 Å². The van der Waals surface area contributed by atoms with Crippen LogP contribution in [-0.4, -0.2) is 40.6 Å². The van der Waals surface area contributed by atoms with E-state index < -0.39 is 10.0 Å². The van der Waals surface area contributed by atoms with Crippen LogP contribution >= 0.6 is 0 Å². The number of anilines is 2. The number of nitrogens with one attached hydrogen (secondary N) is 2. The standard InChI is InChI=1S/C39H43N5O3S/c1-26-9-16-32(17-10-26)43-37(25-36(42-43)39(2,3)4)41-38(45)40-31-14-11-27(12-15-31)21-28-22-33-18-19-34(23-28)44(33)48(46,47)35-20-13-29-7-5-6-8-30(29)24-35/h5-17,20,24-25,28,33-34H,18-19,21-23H2,1-4H3,(H2,40,41,45). The summed E-state index contributed by atoms with van der Waals surface area (Å²) in [6, 6.07) is 31.0. The fourth-order valence-corrected chi connectivity index (χ4v) is 9.24. The van der Waals surface area contributed by atoms with Crippen LogP contribution in [0.5, 0.6) is 0 Å². The molecule has 4 aromatic carbocycles. The largest absolute Gasteiger partial charge is 0.324 e. The Kier molecular flexibility index (Phi) is 8.37. The van der Waals surface area contributed by atoms with E-state index in [9.17, 15) is 13.2 Å². The van der Waals surface area contributed by atoms with E-state index in [0.29, 0.717) is 22.3 Å².